The number of nitrogens with one attached hydrogen (secondary N) is 3. The van der Waals surface area contributed by atoms with E-state index in [1.807, 2.05) is 0 Å². The highest BCUT2D eigenvalue weighted by atomic mass is 16.7. The number of rotatable bonds is 5. The molecule has 1 aromatic rings. The van der Waals surface area contributed by atoms with Gasteiger partial charge in [0.15, 0.2) is 0 Å². The molecule has 1 amide bonds. The van der Waals surface area contributed by atoms with Crippen LogP contribution in [0, 0.1) is 10.1 Å². The lowest BCUT2D eigenvalue weighted by atomic mass is 10.2. The lowest BCUT2D eigenvalue weighted by Gasteiger charge is -2.11. The number of nitrogens with two attached hydrogens (primary N) is 1. The van der Waals surface area contributed by atoms with Crippen LogP contribution in [0.15, 0.2) is 24.3 Å². The molecule has 10 heteroatoms. The van der Waals surface area contributed by atoms with Crippen molar-refractivity contribution < 1.29 is 24.3 Å². The largest absolute Gasteiger partial charge is 0.447 e. The summed E-state index contributed by atoms with van der Waals surface area (Å²) < 4.78 is 10.4. The molecule has 23 heavy (non-hydrogen) atoms. The minimum atomic E-state index is -0.775. The maximum absolute atomic E-state index is 11.6. The number of hydrogen-bond donors (Lipinski definition) is 4. The quantitative estimate of drug-likeness (QED) is 0.241. The van der Waals surface area contributed by atoms with Gasteiger partial charge >= 0.3 is 12.1 Å². The van der Waals surface area contributed by atoms with Crippen LogP contribution in [0.4, 0.5) is 16.2 Å². The maximum atomic E-state index is 11.6. The highest BCUT2D eigenvalue weighted by Gasteiger charge is 2.17. The van der Waals surface area contributed by atoms with E-state index in [9.17, 15) is 14.9 Å². The molecule has 0 aliphatic carbocycles. The third kappa shape index (κ3) is 5.79. The second-order valence-electron chi connectivity index (χ2n) is 4.84. The molecule has 1 aliphatic heterocycles. The zero-order valence-electron chi connectivity index (χ0n) is 12.3. The molecule has 0 saturated carbocycles. The first-order valence-electron chi connectivity index (χ1n) is 6.99. The molecule has 1 unspecified atom stereocenters. The Labute approximate surface area is 131 Å². The van der Waals surface area contributed by atoms with E-state index in [0.717, 1.165) is 12.8 Å². The number of nitrogens with zero attached hydrogens (tertiary/aromatic N) is 1. The molecule has 1 aliphatic rings. The molecule has 0 spiro atoms. The number of hydrogen-bond acceptors (Lipinski definition) is 5. The minimum Gasteiger partial charge on any atom is -0.447 e. The monoisotopic (exact) mass is 324 g/mol. The molecule has 1 heterocycles. The molecule has 124 valence electrons. The number of benzene rings is 1. The standard InChI is InChI=1S/C13H17N5O5/c14-12(17-18(20)21)15-9-3-5-10(6-4-9)16-13(19)23-8-11-2-1-7-22-11/h3-6,11H,1-2,7-8H2,(H,16,19)(H3,14,15,17)/p+1. The Morgan fingerprint density at radius 3 is 2.83 bits per heavy atom. The second kappa shape index (κ2) is 7.94. The van der Waals surface area contributed by atoms with Gasteiger partial charge in [-0.3, -0.25) is 11.1 Å². The molecular formula is C13H18N5O5+. The van der Waals surface area contributed by atoms with E-state index < -0.39 is 11.1 Å². The molecule has 2 rings (SSSR count). The summed E-state index contributed by atoms with van der Waals surface area (Å²) in [5.74, 6) is -0.216. The zero-order valence-corrected chi connectivity index (χ0v) is 12.3. The zero-order chi connectivity index (χ0) is 16.7. The SMILES string of the molecule is NC(N[N+](=O)[O-])=[NH+]c1ccc(NC(=O)OCC2CCCO2)cc1. The number of carbonyl (C=O) groups excluding carboxylic acids is 1. The predicted octanol–water partition coefficient (Wildman–Crippen LogP) is -0.778. The fraction of sp³-hybridized carbons (Fsp3) is 0.385. The molecule has 1 atom stereocenters. The Balaban J connectivity index is 1.81. The summed E-state index contributed by atoms with van der Waals surface area (Å²) in [6, 6.07) is 6.42. The highest BCUT2D eigenvalue weighted by molar-refractivity contribution is 5.84. The third-order valence-electron chi connectivity index (χ3n) is 3.05. The van der Waals surface area contributed by atoms with Crippen molar-refractivity contribution in [3.05, 3.63) is 34.4 Å². The number of anilines is 1. The molecule has 1 fully saturated rings. The normalized spacial score (nSPS) is 17.6. The summed E-state index contributed by atoms with van der Waals surface area (Å²) in [5.41, 5.74) is 8.21. The van der Waals surface area contributed by atoms with Crippen LogP contribution in [-0.2, 0) is 9.47 Å². The first kappa shape index (κ1) is 16.5. The van der Waals surface area contributed by atoms with E-state index in [1.165, 1.54) is 0 Å². The number of amides is 1. The average Bonchev–Trinajstić information content (AvgIpc) is 3.00. The van der Waals surface area contributed by atoms with Gasteiger partial charge in [0.2, 0.25) is 5.03 Å². The van der Waals surface area contributed by atoms with Crippen LogP contribution in [0.2, 0.25) is 0 Å². The Kier molecular flexibility index (Phi) is 5.69. The summed E-state index contributed by atoms with van der Waals surface area (Å²) in [7, 11) is 0. The van der Waals surface area contributed by atoms with Gasteiger partial charge in [0.25, 0.3) is 0 Å². The Bertz CT molecular complexity index is 583. The van der Waals surface area contributed by atoms with Crippen LogP contribution in [-0.4, -0.2) is 36.4 Å². The highest BCUT2D eigenvalue weighted by Crippen LogP contribution is 2.13. The van der Waals surface area contributed by atoms with E-state index in [1.54, 1.807) is 29.7 Å². The summed E-state index contributed by atoms with van der Waals surface area (Å²) in [5, 5.41) is 12.0. The fourth-order valence-electron chi connectivity index (χ4n) is 2.02. The molecule has 5 N–H and O–H groups in total. The molecule has 10 nitrogen and oxygen atoms in total. The maximum Gasteiger partial charge on any atom is 0.411 e. The van der Waals surface area contributed by atoms with Crippen molar-refractivity contribution in [1.82, 2.24) is 5.43 Å². The smallest absolute Gasteiger partial charge is 0.411 e. The topological polar surface area (TPSA) is 143 Å². The van der Waals surface area contributed by atoms with Gasteiger partial charge in [-0.15, -0.1) is 0 Å². The van der Waals surface area contributed by atoms with Crippen LogP contribution in [0.25, 0.3) is 0 Å². The van der Waals surface area contributed by atoms with Crippen molar-refractivity contribution >= 4 is 23.4 Å². The molecule has 0 aromatic heterocycles. The van der Waals surface area contributed by atoms with E-state index in [0.29, 0.717) is 18.0 Å². The first-order chi connectivity index (χ1) is 11.0. The van der Waals surface area contributed by atoms with Gasteiger partial charge < -0.3 is 9.47 Å². The van der Waals surface area contributed by atoms with Gasteiger partial charge in [-0.05, 0) is 37.1 Å². The van der Waals surface area contributed by atoms with Crippen molar-refractivity contribution in [2.75, 3.05) is 18.5 Å². The first-order valence-corrected chi connectivity index (χ1v) is 6.99. The predicted molar refractivity (Wildman–Crippen MR) is 80.3 cm³/mol. The fourth-order valence-corrected chi connectivity index (χ4v) is 2.02. The number of ether oxygens (including phenoxy) is 2. The van der Waals surface area contributed by atoms with Crippen LogP contribution in [0.3, 0.4) is 0 Å². The molecular weight excluding hydrogens is 306 g/mol. The summed E-state index contributed by atoms with van der Waals surface area (Å²) >= 11 is 0. The Morgan fingerprint density at radius 2 is 2.22 bits per heavy atom. The minimum absolute atomic E-state index is 0.0278. The van der Waals surface area contributed by atoms with Crippen LogP contribution in [0.5, 0.6) is 0 Å². The van der Waals surface area contributed by atoms with Crippen molar-refractivity contribution in [3.8, 4) is 0 Å². The molecule has 1 aromatic carbocycles. The number of guanidine groups is 1. The molecule has 1 saturated heterocycles. The number of carbonyl (C=O) groups is 1. The van der Waals surface area contributed by atoms with Gasteiger partial charge in [-0.1, -0.05) is 0 Å². The third-order valence-corrected chi connectivity index (χ3v) is 3.05. The van der Waals surface area contributed by atoms with Gasteiger partial charge in [-0.2, -0.15) is 0 Å². The van der Waals surface area contributed by atoms with Gasteiger partial charge in [0.05, 0.1) is 11.8 Å². The van der Waals surface area contributed by atoms with E-state index in [4.69, 9.17) is 15.2 Å². The lowest BCUT2D eigenvalue weighted by molar-refractivity contribution is -0.536. The van der Waals surface area contributed by atoms with E-state index in [-0.39, 0.29) is 18.7 Å². The Morgan fingerprint density at radius 1 is 1.48 bits per heavy atom. The summed E-state index contributed by atoms with van der Waals surface area (Å²) in [4.78, 5) is 24.5. The Hall–Kier alpha value is -2.88. The molecule has 0 radical (unpaired) electrons. The van der Waals surface area contributed by atoms with Crippen molar-refractivity contribution in [2.24, 2.45) is 5.73 Å². The van der Waals surface area contributed by atoms with Crippen molar-refractivity contribution in [2.45, 2.75) is 18.9 Å². The van der Waals surface area contributed by atoms with Crippen LogP contribution < -0.4 is 21.5 Å². The molecule has 0 bridgehead atoms. The van der Waals surface area contributed by atoms with Crippen molar-refractivity contribution in [3.63, 3.8) is 0 Å². The number of nitro groups is 1. The average molecular weight is 324 g/mol. The van der Waals surface area contributed by atoms with Crippen LogP contribution >= 0.6 is 0 Å². The summed E-state index contributed by atoms with van der Waals surface area (Å²) in [6.45, 7) is 0.930. The number of hydrazine groups is 1. The van der Waals surface area contributed by atoms with E-state index in [2.05, 4.69) is 10.3 Å². The van der Waals surface area contributed by atoms with E-state index >= 15 is 0 Å². The van der Waals surface area contributed by atoms with Gasteiger partial charge in [0.1, 0.15) is 6.61 Å². The lowest BCUT2D eigenvalue weighted by Crippen LogP contribution is -2.74. The van der Waals surface area contributed by atoms with Crippen LogP contribution in [0.1, 0.15) is 12.8 Å². The van der Waals surface area contributed by atoms with Gasteiger partial charge in [-0.25, -0.2) is 19.9 Å². The van der Waals surface area contributed by atoms with Crippen molar-refractivity contribution in [1.29, 1.82) is 0 Å². The van der Waals surface area contributed by atoms with Gasteiger partial charge in [0, 0.05) is 17.7 Å². The summed E-state index contributed by atoms with van der Waals surface area (Å²) in [6.07, 6.45) is 1.28. The second-order valence-corrected chi connectivity index (χ2v) is 4.84.